The molecular formula is C26H32N2O2. The number of aromatic nitrogens is 1. The number of aryl methyl sites for hydroxylation is 1. The van der Waals surface area contributed by atoms with Crippen molar-refractivity contribution < 1.29 is 9.53 Å². The fourth-order valence-corrected chi connectivity index (χ4v) is 3.55. The molecule has 2 aromatic carbocycles. The summed E-state index contributed by atoms with van der Waals surface area (Å²) in [6.07, 6.45) is 5.48. The van der Waals surface area contributed by atoms with Crippen molar-refractivity contribution in [3.05, 3.63) is 95.3 Å². The molecular weight excluding hydrogens is 372 g/mol. The van der Waals surface area contributed by atoms with Crippen LogP contribution in [0.5, 0.6) is 0 Å². The highest BCUT2D eigenvalue weighted by molar-refractivity contribution is 5.94. The van der Waals surface area contributed by atoms with E-state index in [1.165, 1.54) is 24.0 Å². The van der Waals surface area contributed by atoms with Crippen LogP contribution in [0.25, 0.3) is 0 Å². The van der Waals surface area contributed by atoms with Crippen LogP contribution in [-0.2, 0) is 24.2 Å². The molecule has 0 radical (unpaired) electrons. The van der Waals surface area contributed by atoms with Crippen LogP contribution in [0, 0.1) is 0 Å². The van der Waals surface area contributed by atoms with Gasteiger partial charge in [0.15, 0.2) is 0 Å². The summed E-state index contributed by atoms with van der Waals surface area (Å²) >= 11 is 0. The van der Waals surface area contributed by atoms with Gasteiger partial charge in [-0.25, -0.2) is 0 Å². The number of ether oxygens (including phenoxy) is 1. The Balaban J connectivity index is 1.73. The van der Waals surface area contributed by atoms with Gasteiger partial charge in [-0.2, -0.15) is 0 Å². The Labute approximate surface area is 180 Å². The van der Waals surface area contributed by atoms with E-state index in [0.717, 1.165) is 24.2 Å². The Morgan fingerprint density at radius 3 is 2.43 bits per heavy atom. The summed E-state index contributed by atoms with van der Waals surface area (Å²) in [7, 11) is 1.67. The molecule has 0 saturated heterocycles. The van der Waals surface area contributed by atoms with Crippen molar-refractivity contribution >= 4 is 5.91 Å². The molecule has 0 bridgehead atoms. The van der Waals surface area contributed by atoms with Crippen LogP contribution in [0.15, 0.2) is 72.9 Å². The highest BCUT2D eigenvalue weighted by Crippen LogP contribution is 2.15. The maximum Gasteiger partial charge on any atom is 0.254 e. The van der Waals surface area contributed by atoms with Crippen molar-refractivity contribution in [3.8, 4) is 0 Å². The fraction of sp³-hybridized carbons (Fsp3) is 0.346. The first-order valence-electron chi connectivity index (χ1n) is 10.8. The second kappa shape index (κ2) is 11.4. The van der Waals surface area contributed by atoms with Crippen molar-refractivity contribution in [2.45, 2.75) is 39.3 Å². The number of hydrogen-bond acceptors (Lipinski definition) is 2. The number of methoxy groups -OCH3 is 1. The summed E-state index contributed by atoms with van der Waals surface area (Å²) in [5.74, 6) is 0.0431. The first kappa shape index (κ1) is 21.8. The van der Waals surface area contributed by atoms with Gasteiger partial charge in [-0.15, -0.1) is 0 Å². The summed E-state index contributed by atoms with van der Waals surface area (Å²) in [5, 5.41) is 0. The fourth-order valence-electron chi connectivity index (χ4n) is 3.55. The number of nitrogens with zero attached hydrogens (tertiary/aromatic N) is 2. The van der Waals surface area contributed by atoms with Gasteiger partial charge >= 0.3 is 0 Å². The molecule has 0 saturated carbocycles. The lowest BCUT2D eigenvalue weighted by Gasteiger charge is -2.23. The van der Waals surface area contributed by atoms with Crippen LogP contribution >= 0.6 is 0 Å². The van der Waals surface area contributed by atoms with E-state index in [1.807, 2.05) is 29.2 Å². The van der Waals surface area contributed by atoms with Crippen LogP contribution in [0.1, 0.15) is 46.9 Å². The van der Waals surface area contributed by atoms with Gasteiger partial charge in [-0.05, 0) is 48.2 Å². The molecule has 3 rings (SSSR count). The summed E-state index contributed by atoms with van der Waals surface area (Å²) in [6.45, 7) is 4.61. The monoisotopic (exact) mass is 404 g/mol. The minimum Gasteiger partial charge on any atom is -0.383 e. The van der Waals surface area contributed by atoms with Gasteiger partial charge < -0.3 is 14.2 Å². The molecule has 0 fully saturated rings. The third-order valence-electron chi connectivity index (χ3n) is 5.34. The minimum atomic E-state index is 0.0431. The molecule has 3 aromatic rings. The molecule has 0 spiro atoms. The minimum absolute atomic E-state index is 0.0431. The smallest absolute Gasteiger partial charge is 0.254 e. The second-order valence-corrected chi connectivity index (χ2v) is 7.63. The number of carbonyl (C=O) groups is 1. The van der Waals surface area contributed by atoms with E-state index >= 15 is 0 Å². The maximum absolute atomic E-state index is 13.2. The summed E-state index contributed by atoms with van der Waals surface area (Å²) in [4.78, 5) is 15.1. The zero-order valence-electron chi connectivity index (χ0n) is 18.1. The van der Waals surface area contributed by atoms with E-state index in [0.29, 0.717) is 19.7 Å². The molecule has 0 aliphatic heterocycles. The number of carbonyl (C=O) groups excluding carboxylic acids is 1. The van der Waals surface area contributed by atoms with Crippen molar-refractivity contribution in [2.24, 2.45) is 0 Å². The first-order chi connectivity index (χ1) is 14.7. The van der Waals surface area contributed by atoms with Gasteiger partial charge in [-0.1, -0.05) is 55.8 Å². The van der Waals surface area contributed by atoms with E-state index < -0.39 is 0 Å². The standard InChI is InChI=1S/C26H32N2O2/c1-3-4-9-22-13-15-24(16-14-22)26(29)28(18-19-30-2)21-25-12-8-17-27(25)20-23-10-6-5-7-11-23/h5-8,10-17H,3-4,9,18-21H2,1-2H3. The lowest BCUT2D eigenvalue weighted by molar-refractivity contribution is 0.0676. The summed E-state index contributed by atoms with van der Waals surface area (Å²) < 4.78 is 7.47. The Hall–Kier alpha value is -2.85. The third-order valence-corrected chi connectivity index (χ3v) is 5.34. The lowest BCUT2D eigenvalue weighted by atomic mass is 10.1. The Morgan fingerprint density at radius 2 is 1.73 bits per heavy atom. The van der Waals surface area contributed by atoms with Crippen molar-refractivity contribution in [1.29, 1.82) is 0 Å². The zero-order chi connectivity index (χ0) is 21.2. The molecule has 0 unspecified atom stereocenters. The van der Waals surface area contributed by atoms with E-state index in [9.17, 15) is 4.79 Å². The number of rotatable bonds is 11. The molecule has 0 atom stereocenters. The zero-order valence-corrected chi connectivity index (χ0v) is 18.1. The number of unbranched alkanes of at least 4 members (excludes halogenated alkanes) is 1. The average Bonchev–Trinajstić information content (AvgIpc) is 3.22. The number of hydrogen-bond donors (Lipinski definition) is 0. The van der Waals surface area contributed by atoms with Crippen molar-refractivity contribution in [3.63, 3.8) is 0 Å². The quantitative estimate of drug-likeness (QED) is 0.442. The van der Waals surface area contributed by atoms with Crippen molar-refractivity contribution in [2.75, 3.05) is 20.3 Å². The molecule has 1 amide bonds. The van der Waals surface area contributed by atoms with Gasteiger partial charge in [0.25, 0.3) is 5.91 Å². The van der Waals surface area contributed by atoms with E-state index in [-0.39, 0.29) is 5.91 Å². The van der Waals surface area contributed by atoms with E-state index in [1.54, 1.807) is 7.11 Å². The SMILES string of the molecule is CCCCc1ccc(C(=O)N(CCOC)Cc2cccn2Cc2ccccc2)cc1. The number of amides is 1. The number of benzene rings is 2. The second-order valence-electron chi connectivity index (χ2n) is 7.63. The van der Waals surface area contributed by atoms with Gasteiger partial charge in [0, 0.05) is 37.7 Å². The first-order valence-corrected chi connectivity index (χ1v) is 10.8. The molecule has 158 valence electrons. The van der Waals surface area contributed by atoms with E-state index in [2.05, 4.69) is 60.2 Å². The average molecular weight is 405 g/mol. The molecule has 30 heavy (non-hydrogen) atoms. The maximum atomic E-state index is 13.2. The molecule has 4 heteroatoms. The lowest BCUT2D eigenvalue weighted by Crippen LogP contribution is -2.34. The Kier molecular flexibility index (Phi) is 8.28. The molecule has 0 N–H and O–H groups in total. The van der Waals surface area contributed by atoms with Crippen LogP contribution in [0.3, 0.4) is 0 Å². The van der Waals surface area contributed by atoms with Gasteiger partial charge in [-0.3, -0.25) is 4.79 Å². The predicted molar refractivity (Wildman–Crippen MR) is 122 cm³/mol. The Bertz CT molecular complexity index is 900. The van der Waals surface area contributed by atoms with Crippen LogP contribution < -0.4 is 0 Å². The molecule has 1 aromatic heterocycles. The predicted octanol–water partition coefficient (Wildman–Crippen LogP) is 5.17. The summed E-state index contributed by atoms with van der Waals surface area (Å²) in [5.41, 5.74) is 4.37. The molecule has 4 nitrogen and oxygen atoms in total. The Morgan fingerprint density at radius 1 is 0.967 bits per heavy atom. The highest BCUT2D eigenvalue weighted by atomic mass is 16.5. The van der Waals surface area contributed by atoms with Crippen LogP contribution in [0.2, 0.25) is 0 Å². The van der Waals surface area contributed by atoms with Gasteiger partial charge in [0.05, 0.1) is 13.2 Å². The van der Waals surface area contributed by atoms with Crippen LogP contribution in [0.4, 0.5) is 0 Å². The van der Waals surface area contributed by atoms with Gasteiger partial charge in [0.2, 0.25) is 0 Å². The molecule has 1 heterocycles. The largest absolute Gasteiger partial charge is 0.383 e. The molecule has 0 aliphatic carbocycles. The highest BCUT2D eigenvalue weighted by Gasteiger charge is 2.17. The van der Waals surface area contributed by atoms with Gasteiger partial charge in [0.1, 0.15) is 0 Å². The summed E-state index contributed by atoms with van der Waals surface area (Å²) in [6, 6.07) is 22.6. The molecule has 0 aliphatic rings. The van der Waals surface area contributed by atoms with Crippen LogP contribution in [-0.4, -0.2) is 35.6 Å². The normalized spacial score (nSPS) is 10.9. The third kappa shape index (κ3) is 6.07. The van der Waals surface area contributed by atoms with Crippen molar-refractivity contribution in [1.82, 2.24) is 9.47 Å². The van der Waals surface area contributed by atoms with E-state index in [4.69, 9.17) is 4.74 Å². The topological polar surface area (TPSA) is 34.5 Å².